The highest BCUT2D eigenvalue weighted by Crippen LogP contribution is 2.60. The summed E-state index contributed by atoms with van der Waals surface area (Å²) >= 11 is 3.66. The molecule has 0 radical (unpaired) electrons. The molecular weight excluding hydrogens is 504 g/mol. The molecule has 0 aromatic heterocycles. The Hall–Kier alpha value is -1.19. The van der Waals surface area contributed by atoms with Crippen molar-refractivity contribution < 1.29 is 29.0 Å². The van der Waals surface area contributed by atoms with Gasteiger partial charge >= 0.3 is 5.97 Å². The first-order chi connectivity index (χ1) is 15.8. The zero-order valence-corrected chi connectivity index (χ0v) is 22.9. The van der Waals surface area contributed by atoms with Gasteiger partial charge in [0.2, 0.25) is 11.8 Å². The van der Waals surface area contributed by atoms with E-state index < -0.39 is 41.1 Å². The average molecular weight is 546 g/mol. The molecule has 6 atom stereocenters. The number of unbranched alkanes of at least 4 members (excludes halogenated alkanes) is 2. The van der Waals surface area contributed by atoms with Crippen LogP contribution in [-0.2, 0) is 23.9 Å². The molecule has 3 aliphatic rings. The van der Waals surface area contributed by atoms with Gasteiger partial charge in [-0.25, -0.2) is 0 Å². The summed E-state index contributed by atoms with van der Waals surface area (Å²) in [6, 6.07) is -0.817. The number of ether oxygens (including phenoxy) is 2. The monoisotopic (exact) mass is 544 g/mol. The van der Waals surface area contributed by atoms with Gasteiger partial charge in [-0.3, -0.25) is 14.4 Å². The number of nitrogens with one attached hydrogen (secondary N) is 1. The summed E-state index contributed by atoms with van der Waals surface area (Å²) in [4.78, 5) is 42.0. The van der Waals surface area contributed by atoms with E-state index in [1.54, 1.807) is 11.8 Å². The highest BCUT2D eigenvalue weighted by Gasteiger charge is 2.76. The van der Waals surface area contributed by atoms with Crippen LogP contribution in [0, 0.1) is 17.3 Å². The molecule has 34 heavy (non-hydrogen) atoms. The fraction of sp³-hybridized carbons (Fsp3) is 0.880. The fourth-order valence-corrected chi connectivity index (χ4v) is 7.46. The van der Waals surface area contributed by atoms with Gasteiger partial charge in [0.25, 0.3) is 0 Å². The molecule has 0 aromatic rings. The fourth-order valence-electron chi connectivity index (χ4n) is 6.52. The van der Waals surface area contributed by atoms with E-state index in [0.717, 1.165) is 12.8 Å². The van der Waals surface area contributed by atoms with Crippen LogP contribution in [-0.4, -0.2) is 75.7 Å². The molecule has 0 aliphatic carbocycles. The van der Waals surface area contributed by atoms with Crippen molar-refractivity contribution in [3.63, 3.8) is 0 Å². The number of likely N-dealkylation sites (tertiary alicyclic amines) is 1. The van der Waals surface area contributed by atoms with Crippen molar-refractivity contribution in [1.29, 1.82) is 0 Å². The highest BCUT2D eigenvalue weighted by atomic mass is 79.9. The lowest BCUT2D eigenvalue weighted by Gasteiger charge is -2.38. The van der Waals surface area contributed by atoms with Crippen molar-refractivity contribution in [3.8, 4) is 0 Å². The standard InChI is InChI=1S/C25H41BrN2O6/c1-7-33-22(32)16-17-21(31)28(11-9-8-10-12-29)19(25(17)13-15(26)18(16)34-25)20(30)27-24(5,6)14-23(2,3)4/h15-19,29H,7-14H2,1-6H3,(H,27,30)/t15?,16-,17+,18-,19-,25+/m0/s1. The number of amides is 2. The number of hydrogen-bond acceptors (Lipinski definition) is 6. The second-order valence-electron chi connectivity index (χ2n) is 11.8. The van der Waals surface area contributed by atoms with Crippen LogP contribution in [0.4, 0.5) is 0 Å². The molecule has 194 valence electrons. The number of nitrogens with zero attached hydrogens (tertiary/aromatic N) is 1. The highest BCUT2D eigenvalue weighted by molar-refractivity contribution is 9.09. The molecule has 2 N–H and O–H groups in total. The predicted molar refractivity (Wildman–Crippen MR) is 131 cm³/mol. The zero-order valence-electron chi connectivity index (χ0n) is 21.4. The third kappa shape index (κ3) is 5.16. The lowest BCUT2D eigenvalue weighted by molar-refractivity contribution is -0.154. The maximum absolute atomic E-state index is 13.9. The van der Waals surface area contributed by atoms with Crippen LogP contribution in [0.2, 0.25) is 0 Å². The second kappa shape index (κ2) is 10.1. The number of halogens is 1. The molecule has 3 rings (SSSR count). The molecule has 0 saturated carbocycles. The van der Waals surface area contributed by atoms with Gasteiger partial charge in [-0.15, -0.1) is 0 Å². The summed E-state index contributed by atoms with van der Waals surface area (Å²) in [5.74, 6) is -2.35. The summed E-state index contributed by atoms with van der Waals surface area (Å²) in [6.07, 6.45) is 2.79. The van der Waals surface area contributed by atoms with Crippen molar-refractivity contribution >= 4 is 33.7 Å². The molecule has 3 heterocycles. The summed E-state index contributed by atoms with van der Waals surface area (Å²) < 4.78 is 11.8. The Labute approximate surface area is 211 Å². The third-order valence-electron chi connectivity index (χ3n) is 7.09. The van der Waals surface area contributed by atoms with Crippen molar-refractivity contribution in [2.24, 2.45) is 17.3 Å². The first-order valence-electron chi connectivity index (χ1n) is 12.5. The van der Waals surface area contributed by atoms with E-state index in [-0.39, 0.29) is 35.3 Å². The molecule has 3 fully saturated rings. The van der Waals surface area contributed by atoms with Crippen LogP contribution in [0.15, 0.2) is 0 Å². The smallest absolute Gasteiger partial charge is 0.312 e. The maximum atomic E-state index is 13.9. The molecule has 8 nitrogen and oxygen atoms in total. The Morgan fingerprint density at radius 1 is 1.24 bits per heavy atom. The lowest BCUT2D eigenvalue weighted by atomic mass is 9.70. The Morgan fingerprint density at radius 3 is 2.50 bits per heavy atom. The average Bonchev–Trinajstić information content (AvgIpc) is 3.26. The van der Waals surface area contributed by atoms with Gasteiger partial charge in [0.15, 0.2) is 0 Å². The third-order valence-corrected chi connectivity index (χ3v) is 7.93. The number of alkyl halides is 1. The first kappa shape index (κ1) is 27.4. The Morgan fingerprint density at radius 2 is 1.91 bits per heavy atom. The van der Waals surface area contributed by atoms with Crippen LogP contribution in [0.3, 0.4) is 0 Å². The predicted octanol–water partition coefficient (Wildman–Crippen LogP) is 2.79. The van der Waals surface area contributed by atoms with Crippen LogP contribution >= 0.6 is 15.9 Å². The van der Waals surface area contributed by atoms with Crippen molar-refractivity contribution in [3.05, 3.63) is 0 Å². The van der Waals surface area contributed by atoms with Crippen LogP contribution < -0.4 is 5.32 Å². The summed E-state index contributed by atoms with van der Waals surface area (Å²) in [6.45, 7) is 12.8. The molecule has 0 aromatic carbocycles. The van der Waals surface area contributed by atoms with Gasteiger partial charge in [-0.2, -0.15) is 0 Å². The van der Waals surface area contributed by atoms with E-state index in [9.17, 15) is 14.4 Å². The molecule has 9 heteroatoms. The van der Waals surface area contributed by atoms with Crippen molar-refractivity contribution in [2.75, 3.05) is 19.8 Å². The number of carbonyl (C=O) groups excluding carboxylic acids is 3. The number of esters is 1. The Kier molecular flexibility index (Phi) is 8.10. The van der Waals surface area contributed by atoms with Gasteiger partial charge < -0.3 is 24.8 Å². The number of aliphatic hydroxyl groups is 1. The number of aliphatic hydroxyl groups excluding tert-OH is 1. The normalized spacial score (nSPS) is 32.8. The van der Waals surface area contributed by atoms with Crippen molar-refractivity contribution in [1.82, 2.24) is 10.2 Å². The molecule has 2 bridgehead atoms. The molecule has 1 unspecified atom stereocenters. The van der Waals surface area contributed by atoms with Gasteiger partial charge in [0.05, 0.1) is 24.5 Å². The van der Waals surface area contributed by atoms with Crippen molar-refractivity contribution in [2.45, 2.75) is 102 Å². The molecule has 3 saturated heterocycles. The van der Waals surface area contributed by atoms with E-state index in [4.69, 9.17) is 14.6 Å². The molecular formula is C25H41BrN2O6. The van der Waals surface area contributed by atoms with E-state index in [0.29, 0.717) is 25.8 Å². The minimum atomic E-state index is -1.06. The van der Waals surface area contributed by atoms with E-state index in [1.807, 2.05) is 13.8 Å². The minimum absolute atomic E-state index is 0.00531. The summed E-state index contributed by atoms with van der Waals surface area (Å²) in [5, 5.41) is 12.3. The number of carbonyl (C=O) groups is 3. The Balaban J connectivity index is 1.94. The van der Waals surface area contributed by atoms with E-state index >= 15 is 0 Å². The Bertz CT molecular complexity index is 797. The molecule has 2 amide bonds. The number of rotatable bonds is 10. The van der Waals surface area contributed by atoms with E-state index in [2.05, 4.69) is 42.0 Å². The summed E-state index contributed by atoms with van der Waals surface area (Å²) in [7, 11) is 0. The maximum Gasteiger partial charge on any atom is 0.312 e. The minimum Gasteiger partial charge on any atom is -0.466 e. The SMILES string of the molecule is CCOC(=O)[C@@H]1[C@H]2O[C@@]3(CC2Br)[C@H](C(=O)NC(C)(C)CC(C)(C)C)N(CCCCCO)C(=O)[C@@H]13. The summed E-state index contributed by atoms with van der Waals surface area (Å²) in [5.41, 5.74) is -1.54. The first-order valence-corrected chi connectivity index (χ1v) is 13.4. The molecule has 1 spiro atoms. The van der Waals surface area contributed by atoms with Crippen LogP contribution in [0.25, 0.3) is 0 Å². The quantitative estimate of drug-likeness (QED) is 0.249. The largest absolute Gasteiger partial charge is 0.466 e. The number of fused-ring (bicyclic) bond motifs is 1. The van der Waals surface area contributed by atoms with Crippen LogP contribution in [0.1, 0.15) is 73.6 Å². The topological polar surface area (TPSA) is 105 Å². The second-order valence-corrected chi connectivity index (χ2v) is 13.0. The molecule has 3 aliphatic heterocycles. The van der Waals surface area contributed by atoms with Gasteiger partial charge in [0.1, 0.15) is 11.6 Å². The van der Waals surface area contributed by atoms with Gasteiger partial charge in [-0.05, 0) is 58.3 Å². The number of hydrogen-bond donors (Lipinski definition) is 2. The van der Waals surface area contributed by atoms with Crippen LogP contribution in [0.5, 0.6) is 0 Å². The van der Waals surface area contributed by atoms with Gasteiger partial charge in [0, 0.05) is 23.5 Å². The van der Waals surface area contributed by atoms with E-state index in [1.165, 1.54) is 0 Å². The lowest BCUT2D eigenvalue weighted by Crippen LogP contribution is -2.59. The van der Waals surface area contributed by atoms with Gasteiger partial charge in [-0.1, -0.05) is 36.7 Å². The zero-order chi connectivity index (χ0) is 25.5.